The monoisotopic (exact) mass is 252 g/mol. The molecule has 0 aliphatic carbocycles. The summed E-state index contributed by atoms with van der Waals surface area (Å²) < 4.78 is 5.11. The minimum Gasteiger partial charge on any atom is -0.504 e. The Kier molecular flexibility index (Phi) is 4.31. The predicted molar refractivity (Wildman–Crippen MR) is 62.5 cm³/mol. The summed E-state index contributed by atoms with van der Waals surface area (Å²) in [5, 5.41) is 26.8. The van der Waals surface area contributed by atoms with E-state index in [1.807, 2.05) is 0 Å². The van der Waals surface area contributed by atoms with Gasteiger partial charge in [0.2, 0.25) is 0 Å². The van der Waals surface area contributed by atoms with Crippen molar-refractivity contribution in [1.29, 1.82) is 0 Å². The van der Waals surface area contributed by atoms with Crippen LogP contribution in [0.4, 0.5) is 0 Å². The number of hydrogen-bond acceptors (Lipinski definition) is 4. The summed E-state index contributed by atoms with van der Waals surface area (Å²) in [5.74, 6) is -3.00. The molecular weight excluding hydrogens is 240 g/mol. The van der Waals surface area contributed by atoms with Gasteiger partial charge >= 0.3 is 11.9 Å². The number of phenols is 1. The van der Waals surface area contributed by atoms with Crippen molar-refractivity contribution < 1.29 is 29.6 Å². The molecule has 0 radical (unpaired) electrons. The lowest BCUT2D eigenvalue weighted by Gasteiger charge is -2.06. The minimum absolute atomic E-state index is 0.0961. The smallest absolute Gasteiger partial charge is 0.343 e. The molecule has 3 N–H and O–H groups in total. The molecule has 0 atom stereocenters. The minimum atomic E-state index is -1.53. The molecule has 0 unspecified atom stereocenters. The number of benzene rings is 1. The lowest BCUT2D eigenvalue weighted by atomic mass is 10.1. The molecule has 18 heavy (non-hydrogen) atoms. The van der Waals surface area contributed by atoms with E-state index in [1.54, 1.807) is 6.92 Å². The van der Waals surface area contributed by atoms with Crippen LogP contribution in [0.5, 0.6) is 11.5 Å². The maximum atomic E-state index is 10.7. The Morgan fingerprint density at radius 1 is 1.28 bits per heavy atom. The molecule has 0 heterocycles. The van der Waals surface area contributed by atoms with Crippen LogP contribution in [0, 0.1) is 0 Å². The fourth-order valence-electron chi connectivity index (χ4n) is 1.27. The van der Waals surface area contributed by atoms with Crippen LogP contribution in [-0.2, 0) is 9.59 Å². The SMILES string of the molecule is CCOc1cc(C=C(C(=O)O)C(=O)O)ccc1O. The number of hydrogen-bond donors (Lipinski definition) is 3. The zero-order chi connectivity index (χ0) is 13.7. The van der Waals surface area contributed by atoms with E-state index in [1.165, 1.54) is 18.2 Å². The third-order valence-electron chi connectivity index (χ3n) is 2.06. The number of phenolic OH excluding ortho intramolecular Hbond substituents is 1. The van der Waals surface area contributed by atoms with Crippen molar-refractivity contribution in [3.05, 3.63) is 29.3 Å². The Morgan fingerprint density at radius 2 is 1.89 bits per heavy atom. The largest absolute Gasteiger partial charge is 0.504 e. The van der Waals surface area contributed by atoms with Crippen LogP contribution >= 0.6 is 0 Å². The number of ether oxygens (including phenoxy) is 1. The Hall–Kier alpha value is -2.50. The highest BCUT2D eigenvalue weighted by molar-refractivity contribution is 6.16. The number of carboxylic acid groups (broad SMARTS) is 2. The molecule has 1 rings (SSSR count). The molecule has 0 saturated heterocycles. The van der Waals surface area contributed by atoms with Crippen molar-refractivity contribution in [2.45, 2.75) is 6.92 Å². The fraction of sp³-hybridized carbons (Fsp3) is 0.167. The van der Waals surface area contributed by atoms with Gasteiger partial charge in [-0.25, -0.2) is 9.59 Å². The van der Waals surface area contributed by atoms with Gasteiger partial charge in [-0.15, -0.1) is 0 Å². The summed E-state index contributed by atoms with van der Waals surface area (Å²) in [5.41, 5.74) is -0.445. The van der Waals surface area contributed by atoms with Gasteiger partial charge in [0.25, 0.3) is 0 Å². The van der Waals surface area contributed by atoms with E-state index in [9.17, 15) is 14.7 Å². The number of aliphatic carboxylic acids is 2. The zero-order valence-corrected chi connectivity index (χ0v) is 9.58. The number of carboxylic acids is 2. The summed E-state index contributed by atoms with van der Waals surface area (Å²) in [4.78, 5) is 21.4. The summed E-state index contributed by atoms with van der Waals surface area (Å²) in [6.45, 7) is 2.05. The van der Waals surface area contributed by atoms with Gasteiger partial charge in [-0.2, -0.15) is 0 Å². The zero-order valence-electron chi connectivity index (χ0n) is 9.58. The molecule has 0 spiro atoms. The average molecular weight is 252 g/mol. The van der Waals surface area contributed by atoms with Crippen LogP contribution in [-0.4, -0.2) is 33.9 Å². The summed E-state index contributed by atoms with van der Waals surface area (Å²) in [6, 6.07) is 4.06. The number of rotatable bonds is 5. The molecule has 0 amide bonds. The van der Waals surface area contributed by atoms with E-state index in [0.717, 1.165) is 6.08 Å². The van der Waals surface area contributed by atoms with E-state index in [2.05, 4.69) is 0 Å². The van der Waals surface area contributed by atoms with Crippen molar-refractivity contribution in [2.75, 3.05) is 6.61 Å². The van der Waals surface area contributed by atoms with Crippen molar-refractivity contribution in [3.8, 4) is 11.5 Å². The van der Waals surface area contributed by atoms with Gasteiger partial charge in [-0.05, 0) is 30.7 Å². The normalized spacial score (nSPS) is 9.61. The van der Waals surface area contributed by atoms with Gasteiger partial charge in [-0.1, -0.05) is 6.07 Å². The molecule has 1 aromatic rings. The lowest BCUT2D eigenvalue weighted by Crippen LogP contribution is -2.10. The highest BCUT2D eigenvalue weighted by Gasteiger charge is 2.16. The second-order valence-electron chi connectivity index (χ2n) is 3.33. The topological polar surface area (TPSA) is 104 Å². The van der Waals surface area contributed by atoms with Crippen LogP contribution in [0.3, 0.4) is 0 Å². The quantitative estimate of drug-likeness (QED) is 0.415. The Balaban J connectivity index is 3.17. The third kappa shape index (κ3) is 3.24. The number of aromatic hydroxyl groups is 1. The average Bonchev–Trinajstić information content (AvgIpc) is 2.29. The molecule has 6 nitrogen and oxygen atoms in total. The third-order valence-corrected chi connectivity index (χ3v) is 2.06. The maximum absolute atomic E-state index is 10.7. The van der Waals surface area contributed by atoms with Gasteiger partial charge in [0.15, 0.2) is 11.5 Å². The van der Waals surface area contributed by atoms with E-state index in [-0.39, 0.29) is 11.5 Å². The first kappa shape index (κ1) is 13.6. The van der Waals surface area contributed by atoms with Crippen LogP contribution in [0.25, 0.3) is 6.08 Å². The predicted octanol–water partition coefficient (Wildman–Crippen LogP) is 1.34. The van der Waals surface area contributed by atoms with Crippen molar-refractivity contribution in [1.82, 2.24) is 0 Å². The van der Waals surface area contributed by atoms with E-state index < -0.39 is 17.5 Å². The lowest BCUT2D eigenvalue weighted by molar-refractivity contribution is -0.140. The molecule has 0 saturated carbocycles. The van der Waals surface area contributed by atoms with Gasteiger partial charge in [0.05, 0.1) is 6.61 Å². The van der Waals surface area contributed by atoms with Gasteiger partial charge < -0.3 is 20.1 Å². The van der Waals surface area contributed by atoms with Crippen molar-refractivity contribution >= 4 is 18.0 Å². The highest BCUT2D eigenvalue weighted by atomic mass is 16.5. The molecule has 0 fully saturated rings. The van der Waals surface area contributed by atoms with E-state index >= 15 is 0 Å². The standard InChI is InChI=1S/C12H12O6/c1-2-18-10-6-7(3-4-9(10)13)5-8(11(14)15)12(16)17/h3-6,13H,2H2,1H3,(H,14,15)(H,16,17). The molecule has 1 aromatic carbocycles. The first-order valence-electron chi connectivity index (χ1n) is 5.09. The van der Waals surface area contributed by atoms with Crippen molar-refractivity contribution in [3.63, 3.8) is 0 Å². The first-order valence-corrected chi connectivity index (χ1v) is 5.09. The van der Waals surface area contributed by atoms with Gasteiger partial charge in [0.1, 0.15) is 5.57 Å². The Bertz CT molecular complexity index is 487. The summed E-state index contributed by atoms with van der Waals surface area (Å²) in [6.07, 6.45) is 0.993. The van der Waals surface area contributed by atoms with E-state index in [0.29, 0.717) is 12.2 Å². The highest BCUT2D eigenvalue weighted by Crippen LogP contribution is 2.27. The molecular formula is C12H12O6. The molecule has 6 heteroatoms. The second-order valence-corrected chi connectivity index (χ2v) is 3.33. The Morgan fingerprint density at radius 3 is 2.39 bits per heavy atom. The summed E-state index contributed by atoms with van der Waals surface area (Å²) >= 11 is 0. The number of carbonyl (C=O) groups is 2. The molecule has 0 bridgehead atoms. The fourth-order valence-corrected chi connectivity index (χ4v) is 1.27. The van der Waals surface area contributed by atoms with E-state index in [4.69, 9.17) is 14.9 Å². The molecule has 0 aliphatic heterocycles. The maximum Gasteiger partial charge on any atom is 0.343 e. The van der Waals surface area contributed by atoms with Crippen LogP contribution in [0.15, 0.2) is 23.8 Å². The second kappa shape index (κ2) is 5.72. The first-order chi connectivity index (χ1) is 8.45. The molecule has 0 aromatic heterocycles. The van der Waals surface area contributed by atoms with Crippen LogP contribution < -0.4 is 4.74 Å². The van der Waals surface area contributed by atoms with Crippen LogP contribution in [0.2, 0.25) is 0 Å². The molecule has 96 valence electrons. The molecule has 0 aliphatic rings. The summed E-state index contributed by atoms with van der Waals surface area (Å²) in [7, 11) is 0. The van der Waals surface area contributed by atoms with Gasteiger partial charge in [0, 0.05) is 0 Å². The van der Waals surface area contributed by atoms with Crippen molar-refractivity contribution in [2.24, 2.45) is 0 Å². The van der Waals surface area contributed by atoms with Crippen LogP contribution in [0.1, 0.15) is 12.5 Å². The van der Waals surface area contributed by atoms with Gasteiger partial charge in [-0.3, -0.25) is 0 Å². The Labute approximate surface area is 103 Å².